The van der Waals surface area contributed by atoms with Crippen molar-refractivity contribution in [2.75, 3.05) is 6.54 Å². The minimum Gasteiger partial charge on any atom is -0.350 e. The highest BCUT2D eigenvalue weighted by Gasteiger charge is 2.15. The number of hydrogen-bond acceptors (Lipinski definition) is 4. The van der Waals surface area contributed by atoms with Crippen LogP contribution in [0.15, 0.2) is 48.9 Å². The average Bonchev–Trinajstić information content (AvgIpc) is 3.09. The number of amides is 1. The summed E-state index contributed by atoms with van der Waals surface area (Å²) in [5.74, 6) is 1.34. The van der Waals surface area contributed by atoms with Gasteiger partial charge in [-0.2, -0.15) is 0 Å². The molecule has 7 heteroatoms. The zero-order valence-electron chi connectivity index (χ0n) is 15.4. The van der Waals surface area contributed by atoms with Gasteiger partial charge in [-0.25, -0.2) is 15.0 Å². The van der Waals surface area contributed by atoms with Crippen LogP contribution < -0.4 is 5.32 Å². The third kappa shape index (κ3) is 4.92. The predicted molar refractivity (Wildman–Crippen MR) is 105 cm³/mol. The molecule has 0 aliphatic rings. The number of benzene rings is 1. The lowest BCUT2D eigenvalue weighted by atomic mass is 10.2. The maximum absolute atomic E-state index is 12.4. The number of nitrogens with zero attached hydrogens (tertiary/aromatic N) is 4. The number of aromatic nitrogens is 4. The summed E-state index contributed by atoms with van der Waals surface area (Å²) in [5, 5.41) is 3.12. The van der Waals surface area contributed by atoms with Crippen LogP contribution in [0.1, 0.15) is 47.5 Å². The Bertz CT molecular complexity index is 908. The van der Waals surface area contributed by atoms with Gasteiger partial charge in [-0.1, -0.05) is 55.8 Å². The minimum absolute atomic E-state index is 0.124. The van der Waals surface area contributed by atoms with Gasteiger partial charge in [-0.15, -0.1) is 0 Å². The van der Waals surface area contributed by atoms with E-state index in [1.54, 1.807) is 6.20 Å². The Labute approximate surface area is 163 Å². The van der Waals surface area contributed by atoms with Crippen LogP contribution in [0.5, 0.6) is 0 Å². The lowest BCUT2D eigenvalue weighted by molar-refractivity contribution is 0.0948. The summed E-state index contributed by atoms with van der Waals surface area (Å²) < 4.78 is 2.08. The Balaban J connectivity index is 1.60. The number of nitrogens with one attached hydrogen (secondary N) is 1. The second-order valence-electron chi connectivity index (χ2n) is 6.54. The molecule has 3 rings (SSSR count). The van der Waals surface area contributed by atoms with Gasteiger partial charge >= 0.3 is 0 Å². The summed E-state index contributed by atoms with van der Waals surface area (Å²) >= 11 is 6.09. The number of carbonyl (C=O) groups excluding carboxylic acids is 1. The first-order valence-corrected chi connectivity index (χ1v) is 9.27. The number of rotatable bonds is 7. The normalized spacial score (nSPS) is 11.0. The van der Waals surface area contributed by atoms with Gasteiger partial charge in [0.05, 0.1) is 11.2 Å². The van der Waals surface area contributed by atoms with Crippen LogP contribution in [-0.2, 0) is 13.0 Å². The van der Waals surface area contributed by atoms with Gasteiger partial charge in [-0.05, 0) is 5.56 Å². The predicted octanol–water partition coefficient (Wildman–Crippen LogP) is 3.47. The first-order chi connectivity index (χ1) is 13.0. The summed E-state index contributed by atoms with van der Waals surface area (Å²) in [5.41, 5.74) is 1.41. The van der Waals surface area contributed by atoms with Crippen molar-refractivity contribution in [3.63, 3.8) is 0 Å². The van der Waals surface area contributed by atoms with Crippen molar-refractivity contribution >= 4 is 17.5 Å². The van der Waals surface area contributed by atoms with Crippen LogP contribution in [0.2, 0.25) is 5.02 Å². The molecule has 0 saturated heterocycles. The molecular formula is C20H22ClN5O. The molecule has 6 nitrogen and oxygen atoms in total. The third-order valence-corrected chi connectivity index (χ3v) is 4.40. The van der Waals surface area contributed by atoms with Crippen LogP contribution in [0.25, 0.3) is 0 Å². The first kappa shape index (κ1) is 19.0. The summed E-state index contributed by atoms with van der Waals surface area (Å²) in [6, 6.07) is 10.2. The van der Waals surface area contributed by atoms with Gasteiger partial charge in [0.2, 0.25) is 0 Å². The Morgan fingerprint density at radius 1 is 1.22 bits per heavy atom. The standard InChI is InChI=1S/C20H22ClN5O/c1-14(2)19-24-12-16(21)18(25-19)20(27)23-9-8-17-22-10-11-26(17)13-15-6-4-3-5-7-15/h3-7,10-12,14H,8-9,13H2,1-2H3,(H,23,27). The third-order valence-electron chi connectivity index (χ3n) is 4.13. The van der Waals surface area contributed by atoms with Crippen molar-refractivity contribution in [3.05, 3.63) is 76.9 Å². The van der Waals surface area contributed by atoms with Crippen molar-refractivity contribution in [1.82, 2.24) is 24.8 Å². The van der Waals surface area contributed by atoms with Crippen LogP contribution in [0, 0.1) is 0 Å². The summed E-state index contributed by atoms with van der Waals surface area (Å²) in [6.07, 6.45) is 5.81. The molecule has 0 radical (unpaired) electrons. The van der Waals surface area contributed by atoms with E-state index in [-0.39, 0.29) is 22.5 Å². The smallest absolute Gasteiger partial charge is 0.271 e. The quantitative estimate of drug-likeness (QED) is 0.678. The summed E-state index contributed by atoms with van der Waals surface area (Å²) in [7, 11) is 0. The Morgan fingerprint density at radius 3 is 2.74 bits per heavy atom. The summed E-state index contributed by atoms with van der Waals surface area (Å²) in [4.78, 5) is 25.3. The molecule has 0 atom stereocenters. The number of imidazole rings is 1. The van der Waals surface area contributed by atoms with Crippen LogP contribution in [0.3, 0.4) is 0 Å². The van der Waals surface area contributed by atoms with Gasteiger partial charge in [0.25, 0.3) is 5.91 Å². The second-order valence-corrected chi connectivity index (χ2v) is 6.95. The van der Waals surface area contributed by atoms with Gasteiger partial charge < -0.3 is 9.88 Å². The van der Waals surface area contributed by atoms with Crippen LogP contribution in [-0.4, -0.2) is 32.0 Å². The van der Waals surface area contributed by atoms with Crippen LogP contribution in [0.4, 0.5) is 0 Å². The van der Waals surface area contributed by atoms with E-state index >= 15 is 0 Å². The molecule has 1 aromatic carbocycles. The van der Waals surface area contributed by atoms with Gasteiger partial charge in [0, 0.05) is 37.8 Å². The van der Waals surface area contributed by atoms with E-state index in [0.29, 0.717) is 18.8 Å². The largest absolute Gasteiger partial charge is 0.350 e. The van der Waals surface area contributed by atoms with E-state index in [2.05, 4.69) is 37.0 Å². The van der Waals surface area contributed by atoms with E-state index in [4.69, 9.17) is 11.6 Å². The highest BCUT2D eigenvalue weighted by atomic mass is 35.5. The molecular weight excluding hydrogens is 362 g/mol. The topological polar surface area (TPSA) is 72.7 Å². The average molecular weight is 384 g/mol. The monoisotopic (exact) mass is 383 g/mol. The highest BCUT2D eigenvalue weighted by molar-refractivity contribution is 6.33. The molecule has 0 saturated carbocycles. The Hall–Kier alpha value is -2.73. The fourth-order valence-corrected chi connectivity index (χ4v) is 2.86. The molecule has 2 heterocycles. The fourth-order valence-electron chi connectivity index (χ4n) is 2.68. The van der Waals surface area contributed by atoms with Gasteiger partial charge in [0.1, 0.15) is 17.3 Å². The molecule has 140 valence electrons. The van der Waals surface area contributed by atoms with Crippen LogP contribution >= 0.6 is 11.6 Å². The number of halogens is 1. The number of carbonyl (C=O) groups is 1. The Kier molecular flexibility index (Phi) is 6.19. The zero-order chi connectivity index (χ0) is 19.2. The molecule has 2 aromatic heterocycles. The molecule has 27 heavy (non-hydrogen) atoms. The lowest BCUT2D eigenvalue weighted by Gasteiger charge is -2.10. The molecule has 1 amide bonds. The zero-order valence-corrected chi connectivity index (χ0v) is 16.1. The van der Waals surface area contributed by atoms with Crippen molar-refractivity contribution in [3.8, 4) is 0 Å². The van der Waals surface area contributed by atoms with Gasteiger partial charge in [-0.3, -0.25) is 4.79 Å². The molecule has 0 spiro atoms. The molecule has 0 aliphatic carbocycles. The van der Waals surface area contributed by atoms with Crippen molar-refractivity contribution in [2.24, 2.45) is 0 Å². The first-order valence-electron chi connectivity index (χ1n) is 8.89. The maximum atomic E-state index is 12.4. The van der Waals surface area contributed by atoms with E-state index in [9.17, 15) is 4.79 Å². The molecule has 0 fully saturated rings. The lowest BCUT2D eigenvalue weighted by Crippen LogP contribution is -2.28. The summed E-state index contributed by atoms with van der Waals surface area (Å²) in [6.45, 7) is 5.14. The molecule has 0 unspecified atom stereocenters. The SMILES string of the molecule is CC(C)c1ncc(Cl)c(C(=O)NCCc2nccn2Cc2ccccc2)n1. The van der Waals surface area contributed by atoms with Crippen molar-refractivity contribution in [1.29, 1.82) is 0 Å². The van der Waals surface area contributed by atoms with E-state index < -0.39 is 0 Å². The molecule has 1 N–H and O–H groups in total. The molecule has 0 bridgehead atoms. The minimum atomic E-state index is -0.300. The van der Waals surface area contributed by atoms with E-state index in [0.717, 1.165) is 12.4 Å². The van der Waals surface area contributed by atoms with Crippen molar-refractivity contribution < 1.29 is 4.79 Å². The van der Waals surface area contributed by atoms with E-state index in [1.165, 1.54) is 11.8 Å². The molecule has 3 aromatic rings. The Morgan fingerprint density at radius 2 is 2.00 bits per heavy atom. The highest BCUT2D eigenvalue weighted by Crippen LogP contribution is 2.16. The number of hydrogen-bond donors (Lipinski definition) is 1. The van der Waals surface area contributed by atoms with Crippen molar-refractivity contribution in [2.45, 2.75) is 32.7 Å². The fraction of sp³-hybridized carbons (Fsp3) is 0.300. The van der Waals surface area contributed by atoms with Gasteiger partial charge in [0.15, 0.2) is 0 Å². The maximum Gasteiger partial charge on any atom is 0.271 e. The molecule has 0 aliphatic heterocycles. The van der Waals surface area contributed by atoms with E-state index in [1.807, 2.05) is 38.2 Å². The second kappa shape index (κ2) is 8.77.